The van der Waals surface area contributed by atoms with Crippen molar-refractivity contribution >= 4 is 5.97 Å². The monoisotopic (exact) mass is 293 g/mol. The van der Waals surface area contributed by atoms with Crippen LogP contribution in [0.1, 0.15) is 35.1 Å². The fraction of sp³-hybridized carbons (Fsp3) is 0.357. The first-order chi connectivity index (χ1) is 10.1. The normalized spacial score (nSPS) is 10.6. The van der Waals surface area contributed by atoms with Gasteiger partial charge < -0.3 is 9.84 Å². The van der Waals surface area contributed by atoms with Gasteiger partial charge in [-0.15, -0.1) is 5.10 Å². The number of ether oxygens (including phenoxy) is 1. The molecule has 0 saturated heterocycles. The van der Waals surface area contributed by atoms with Crippen LogP contribution in [-0.2, 0) is 13.0 Å². The van der Waals surface area contributed by atoms with Crippen LogP contribution in [0.4, 0.5) is 4.39 Å². The van der Waals surface area contributed by atoms with Gasteiger partial charge in [0.25, 0.3) is 0 Å². The average Bonchev–Trinajstić information content (AvgIpc) is 2.83. The highest BCUT2D eigenvalue weighted by Crippen LogP contribution is 2.19. The van der Waals surface area contributed by atoms with Crippen molar-refractivity contribution in [3.63, 3.8) is 0 Å². The lowest BCUT2D eigenvalue weighted by atomic mass is 10.1. The first-order valence-electron chi connectivity index (χ1n) is 6.54. The van der Waals surface area contributed by atoms with Crippen LogP contribution in [0.2, 0.25) is 0 Å². The van der Waals surface area contributed by atoms with E-state index in [2.05, 4.69) is 10.3 Å². The van der Waals surface area contributed by atoms with Gasteiger partial charge >= 0.3 is 5.97 Å². The molecule has 2 rings (SSSR count). The molecule has 6 nitrogen and oxygen atoms in total. The molecule has 1 N–H and O–H groups in total. The number of nitrogens with zero attached hydrogens (tertiary/aromatic N) is 3. The largest absolute Gasteiger partial charge is 0.494 e. The molecule has 21 heavy (non-hydrogen) atoms. The van der Waals surface area contributed by atoms with Gasteiger partial charge in [0.2, 0.25) is 0 Å². The van der Waals surface area contributed by atoms with Crippen LogP contribution in [0.15, 0.2) is 18.2 Å². The van der Waals surface area contributed by atoms with E-state index in [9.17, 15) is 9.18 Å². The lowest BCUT2D eigenvalue weighted by molar-refractivity contribution is 0.0689. The molecule has 0 spiro atoms. The van der Waals surface area contributed by atoms with Gasteiger partial charge in [0, 0.05) is 0 Å². The highest BCUT2D eigenvalue weighted by molar-refractivity contribution is 5.86. The predicted octanol–water partition coefficient (Wildman–Crippen LogP) is 2.12. The first kappa shape index (κ1) is 15.0. The van der Waals surface area contributed by atoms with Crippen molar-refractivity contribution in [2.24, 2.45) is 0 Å². The minimum absolute atomic E-state index is 0.0502. The average molecular weight is 293 g/mol. The maximum Gasteiger partial charge on any atom is 0.358 e. The van der Waals surface area contributed by atoms with Gasteiger partial charge in [-0.1, -0.05) is 24.6 Å². The smallest absolute Gasteiger partial charge is 0.358 e. The Labute approximate surface area is 121 Å². The zero-order valence-electron chi connectivity index (χ0n) is 11.8. The molecule has 0 saturated carbocycles. The Morgan fingerprint density at radius 3 is 2.81 bits per heavy atom. The van der Waals surface area contributed by atoms with Gasteiger partial charge in [-0.2, -0.15) is 0 Å². The van der Waals surface area contributed by atoms with Crippen LogP contribution in [-0.4, -0.2) is 33.2 Å². The summed E-state index contributed by atoms with van der Waals surface area (Å²) in [5.74, 6) is -1.41. The Hall–Kier alpha value is -2.44. The van der Waals surface area contributed by atoms with Gasteiger partial charge in [-0.05, 0) is 24.1 Å². The minimum atomic E-state index is -1.11. The summed E-state index contributed by atoms with van der Waals surface area (Å²) in [6, 6.07) is 4.58. The number of rotatable bonds is 6. The molecule has 1 heterocycles. The number of carboxylic acid groups (broad SMARTS) is 1. The number of carboxylic acids is 1. The molecule has 0 atom stereocenters. The molecule has 2 aromatic rings. The molecule has 0 aliphatic heterocycles. The van der Waals surface area contributed by atoms with E-state index in [1.165, 1.54) is 23.9 Å². The highest BCUT2D eigenvalue weighted by atomic mass is 19.1. The number of carbonyl (C=O) groups is 1. The van der Waals surface area contributed by atoms with E-state index in [1.54, 1.807) is 6.07 Å². The maximum atomic E-state index is 13.7. The van der Waals surface area contributed by atoms with Crippen LogP contribution >= 0.6 is 0 Å². The third-order valence-corrected chi connectivity index (χ3v) is 3.08. The fourth-order valence-electron chi connectivity index (χ4n) is 2.09. The summed E-state index contributed by atoms with van der Waals surface area (Å²) in [6.07, 6.45) is 1.32. The Kier molecular flexibility index (Phi) is 4.52. The quantitative estimate of drug-likeness (QED) is 0.882. The second-order valence-electron chi connectivity index (χ2n) is 4.57. The molecule has 112 valence electrons. The Balaban J connectivity index is 2.31. The lowest BCUT2D eigenvalue weighted by Crippen LogP contribution is -2.09. The van der Waals surface area contributed by atoms with Crippen LogP contribution in [0, 0.1) is 5.82 Å². The minimum Gasteiger partial charge on any atom is -0.494 e. The predicted molar refractivity (Wildman–Crippen MR) is 73.0 cm³/mol. The second-order valence-corrected chi connectivity index (χ2v) is 4.57. The Morgan fingerprint density at radius 2 is 2.24 bits per heavy atom. The molecule has 1 aromatic heterocycles. The molecule has 0 radical (unpaired) electrons. The molecule has 0 aliphatic carbocycles. The van der Waals surface area contributed by atoms with Crippen molar-refractivity contribution < 1.29 is 19.0 Å². The topological polar surface area (TPSA) is 77.2 Å². The van der Waals surface area contributed by atoms with Crippen LogP contribution in [0.3, 0.4) is 0 Å². The van der Waals surface area contributed by atoms with Crippen molar-refractivity contribution in [2.75, 3.05) is 7.11 Å². The Morgan fingerprint density at radius 1 is 1.48 bits per heavy atom. The summed E-state index contributed by atoms with van der Waals surface area (Å²) in [4.78, 5) is 11.1. The molecule has 0 aliphatic rings. The summed E-state index contributed by atoms with van der Waals surface area (Å²) in [6.45, 7) is 2.20. The van der Waals surface area contributed by atoms with Gasteiger partial charge in [-0.25, -0.2) is 13.9 Å². The van der Waals surface area contributed by atoms with Crippen molar-refractivity contribution in [2.45, 2.75) is 26.3 Å². The van der Waals surface area contributed by atoms with E-state index >= 15 is 0 Å². The van der Waals surface area contributed by atoms with E-state index in [0.29, 0.717) is 17.7 Å². The number of hydrogen-bond donors (Lipinski definition) is 1. The van der Waals surface area contributed by atoms with E-state index < -0.39 is 11.8 Å². The van der Waals surface area contributed by atoms with Crippen LogP contribution in [0.25, 0.3) is 0 Å². The van der Waals surface area contributed by atoms with Crippen molar-refractivity contribution in [1.29, 1.82) is 0 Å². The molecule has 0 fully saturated rings. The summed E-state index contributed by atoms with van der Waals surface area (Å²) in [7, 11) is 1.40. The summed E-state index contributed by atoms with van der Waals surface area (Å²) < 4.78 is 20.0. The Bertz CT molecular complexity index is 655. The number of hydrogen-bond acceptors (Lipinski definition) is 4. The summed E-state index contributed by atoms with van der Waals surface area (Å²) >= 11 is 0. The molecular formula is C14H16FN3O3. The second kappa shape index (κ2) is 6.34. The summed E-state index contributed by atoms with van der Waals surface area (Å²) in [5.41, 5.74) is 1.15. The molecule has 0 unspecified atom stereocenters. The number of aromatic nitrogens is 3. The fourth-order valence-corrected chi connectivity index (χ4v) is 2.09. The standard InChI is InChI=1S/C14H16FN3O3/c1-3-4-11-13(14(19)20)16-17-18(11)8-9-5-6-12(21-2)10(15)7-9/h5-7H,3-4,8H2,1-2H3,(H,19,20). The first-order valence-corrected chi connectivity index (χ1v) is 6.54. The maximum absolute atomic E-state index is 13.7. The van der Waals surface area contributed by atoms with Crippen molar-refractivity contribution in [3.8, 4) is 5.75 Å². The van der Waals surface area contributed by atoms with E-state index in [0.717, 1.165) is 6.42 Å². The number of halogens is 1. The molecule has 1 aromatic carbocycles. The van der Waals surface area contributed by atoms with Gasteiger partial charge in [-0.3, -0.25) is 0 Å². The van der Waals surface area contributed by atoms with Gasteiger partial charge in [0.15, 0.2) is 17.3 Å². The number of aromatic carboxylic acids is 1. The van der Waals surface area contributed by atoms with Gasteiger partial charge in [0.1, 0.15) is 0 Å². The van der Waals surface area contributed by atoms with Crippen molar-refractivity contribution in [1.82, 2.24) is 15.0 Å². The zero-order valence-corrected chi connectivity index (χ0v) is 11.8. The zero-order chi connectivity index (χ0) is 15.4. The molecular weight excluding hydrogens is 277 g/mol. The lowest BCUT2D eigenvalue weighted by Gasteiger charge is -2.08. The van der Waals surface area contributed by atoms with Crippen LogP contribution < -0.4 is 4.74 Å². The molecule has 0 amide bonds. The van der Waals surface area contributed by atoms with E-state index in [-0.39, 0.29) is 18.0 Å². The van der Waals surface area contributed by atoms with Crippen LogP contribution in [0.5, 0.6) is 5.75 Å². The third kappa shape index (κ3) is 3.18. The summed E-state index contributed by atoms with van der Waals surface area (Å²) in [5, 5.41) is 16.6. The van der Waals surface area contributed by atoms with E-state index in [1.807, 2.05) is 6.92 Å². The SMILES string of the molecule is CCCc1c(C(=O)O)nnn1Cc1ccc(OC)c(F)c1. The number of benzene rings is 1. The molecule has 7 heteroatoms. The van der Waals surface area contributed by atoms with Gasteiger partial charge in [0.05, 0.1) is 19.3 Å². The number of methoxy groups -OCH3 is 1. The third-order valence-electron chi connectivity index (χ3n) is 3.08. The highest BCUT2D eigenvalue weighted by Gasteiger charge is 2.18. The molecule has 0 bridgehead atoms. The van der Waals surface area contributed by atoms with Crippen molar-refractivity contribution in [3.05, 3.63) is 41.0 Å². The van der Waals surface area contributed by atoms with E-state index in [4.69, 9.17) is 9.84 Å².